The zero-order valence-electron chi connectivity index (χ0n) is 24.4. The van der Waals surface area contributed by atoms with E-state index in [-0.39, 0.29) is 12.4 Å². The first kappa shape index (κ1) is 37.0. The molecule has 0 heterocycles. The van der Waals surface area contributed by atoms with Crippen molar-refractivity contribution >= 4 is 11.7 Å². The van der Waals surface area contributed by atoms with Crippen LogP contribution in [-0.2, 0) is 52.2 Å². The van der Waals surface area contributed by atoms with Crippen molar-refractivity contribution in [2.24, 2.45) is 0 Å². The van der Waals surface area contributed by atoms with Gasteiger partial charge in [-0.05, 0) is 24.3 Å². The van der Waals surface area contributed by atoms with Gasteiger partial charge in [0.25, 0.3) is 0 Å². The lowest BCUT2D eigenvalue weighted by Crippen LogP contribution is -2.15. The fourth-order valence-electron chi connectivity index (χ4n) is 2.90. The summed E-state index contributed by atoms with van der Waals surface area (Å²) in [6, 6.07) is 7.25. The molecule has 2 N–H and O–H groups in total. The fourth-order valence-corrected chi connectivity index (χ4v) is 2.90. The van der Waals surface area contributed by atoms with Gasteiger partial charge in [0.1, 0.15) is 12.4 Å². The molecule has 1 aromatic carbocycles. The summed E-state index contributed by atoms with van der Waals surface area (Å²) in [7, 11) is 1.35. The van der Waals surface area contributed by atoms with Crippen LogP contribution < -0.4 is 10.5 Å². The zero-order chi connectivity index (χ0) is 29.5. The van der Waals surface area contributed by atoms with E-state index in [0.717, 1.165) is 5.75 Å². The molecule has 0 aliphatic carbocycles. The van der Waals surface area contributed by atoms with E-state index in [1.165, 1.54) is 7.11 Å². The van der Waals surface area contributed by atoms with Crippen LogP contribution in [0.2, 0.25) is 0 Å². The van der Waals surface area contributed by atoms with Crippen LogP contribution >= 0.6 is 0 Å². The summed E-state index contributed by atoms with van der Waals surface area (Å²) in [6.45, 7) is 9.11. The van der Waals surface area contributed by atoms with Gasteiger partial charge < -0.3 is 57.8 Å². The van der Waals surface area contributed by atoms with Gasteiger partial charge >= 0.3 is 5.97 Å². The highest BCUT2D eigenvalue weighted by Gasteiger charge is 1.99. The molecule has 0 saturated carbocycles. The Balaban J connectivity index is 1.64. The highest BCUT2D eigenvalue weighted by atomic mass is 16.6. The number of ether oxygens (including phenoxy) is 11. The summed E-state index contributed by atoms with van der Waals surface area (Å²) in [5.41, 5.74) is 6.34. The standard InChI is InChI=1S/C28H49NO12/c1-31-28(30)6-7-32-8-9-33-10-11-34-12-13-35-14-15-36-16-17-37-18-19-38-20-21-39-22-23-40-24-25-41-27-4-2-26(29)3-5-27/h2-5H,6-25,29H2,1H3. The lowest BCUT2D eigenvalue weighted by Gasteiger charge is -2.09. The molecule has 1 aromatic rings. The van der Waals surface area contributed by atoms with Crippen LogP contribution in [0.4, 0.5) is 5.69 Å². The topological polar surface area (TPSA) is 145 Å². The van der Waals surface area contributed by atoms with Crippen molar-refractivity contribution in [2.45, 2.75) is 6.42 Å². The number of benzene rings is 1. The molecule has 13 heteroatoms. The van der Waals surface area contributed by atoms with Crippen LogP contribution in [0.25, 0.3) is 0 Å². The van der Waals surface area contributed by atoms with E-state index in [2.05, 4.69) is 4.74 Å². The molecule has 0 amide bonds. The van der Waals surface area contributed by atoms with Gasteiger partial charge in [0.15, 0.2) is 0 Å². The molecule has 238 valence electrons. The molecule has 0 atom stereocenters. The highest BCUT2D eigenvalue weighted by Crippen LogP contribution is 2.12. The van der Waals surface area contributed by atoms with Gasteiger partial charge in [-0.1, -0.05) is 0 Å². The van der Waals surface area contributed by atoms with Gasteiger partial charge in [0.2, 0.25) is 0 Å². The number of hydrogen-bond donors (Lipinski definition) is 1. The number of carbonyl (C=O) groups excluding carboxylic acids is 1. The first-order chi connectivity index (χ1) is 20.2. The molecule has 0 aliphatic rings. The van der Waals surface area contributed by atoms with Crippen LogP contribution in [0.15, 0.2) is 24.3 Å². The van der Waals surface area contributed by atoms with Crippen molar-refractivity contribution in [1.29, 1.82) is 0 Å². The predicted octanol–water partition coefficient (Wildman–Crippen LogP) is 1.36. The van der Waals surface area contributed by atoms with E-state index < -0.39 is 0 Å². The number of carbonyl (C=O) groups is 1. The van der Waals surface area contributed by atoms with Gasteiger partial charge in [0, 0.05) is 5.69 Å². The lowest BCUT2D eigenvalue weighted by atomic mass is 10.3. The lowest BCUT2D eigenvalue weighted by molar-refractivity contribution is -0.141. The van der Waals surface area contributed by atoms with Gasteiger partial charge in [-0.25, -0.2) is 0 Å². The van der Waals surface area contributed by atoms with E-state index in [1.807, 2.05) is 12.1 Å². The summed E-state index contributed by atoms with van der Waals surface area (Å²) in [4.78, 5) is 10.9. The number of nitrogen functional groups attached to an aromatic ring is 1. The monoisotopic (exact) mass is 591 g/mol. The third-order valence-electron chi connectivity index (χ3n) is 5.03. The summed E-state index contributed by atoms with van der Waals surface area (Å²) >= 11 is 0. The third kappa shape index (κ3) is 26.6. The van der Waals surface area contributed by atoms with E-state index in [9.17, 15) is 4.79 Å². The van der Waals surface area contributed by atoms with Gasteiger partial charge in [0.05, 0.1) is 132 Å². The van der Waals surface area contributed by atoms with Gasteiger partial charge in [-0.3, -0.25) is 4.79 Å². The minimum atomic E-state index is -0.286. The van der Waals surface area contributed by atoms with Crippen LogP contribution in [-0.4, -0.2) is 139 Å². The molecule has 0 radical (unpaired) electrons. The van der Waals surface area contributed by atoms with E-state index in [1.54, 1.807) is 12.1 Å². The number of hydrogen-bond acceptors (Lipinski definition) is 13. The predicted molar refractivity (Wildman–Crippen MR) is 150 cm³/mol. The fraction of sp³-hybridized carbons (Fsp3) is 0.750. The van der Waals surface area contributed by atoms with E-state index in [0.29, 0.717) is 131 Å². The molecule has 0 spiro atoms. The Labute approximate surface area is 243 Å². The quantitative estimate of drug-likeness (QED) is 0.0754. The minimum absolute atomic E-state index is 0.245. The Hall–Kier alpha value is -2.07. The largest absolute Gasteiger partial charge is 0.491 e. The normalized spacial score (nSPS) is 11.1. The summed E-state index contributed by atoms with van der Waals surface area (Å²) < 4.78 is 58.8. The number of methoxy groups -OCH3 is 1. The molecule has 1 rings (SSSR count). The highest BCUT2D eigenvalue weighted by molar-refractivity contribution is 5.69. The first-order valence-corrected chi connectivity index (χ1v) is 14.0. The Bertz CT molecular complexity index is 695. The minimum Gasteiger partial charge on any atom is -0.491 e. The molecule has 41 heavy (non-hydrogen) atoms. The Morgan fingerprint density at radius 3 is 1.10 bits per heavy atom. The number of nitrogens with two attached hydrogens (primary N) is 1. The summed E-state index contributed by atoms with van der Waals surface area (Å²) in [5.74, 6) is 0.483. The second kappa shape index (κ2) is 29.4. The van der Waals surface area contributed by atoms with Crippen molar-refractivity contribution in [1.82, 2.24) is 0 Å². The molecular formula is C28H49NO12. The first-order valence-electron chi connectivity index (χ1n) is 14.0. The molecule has 0 unspecified atom stereocenters. The number of esters is 1. The SMILES string of the molecule is COC(=O)CCOCCOCCOCCOCCOCCOCCOCCOCCOCCOc1ccc(N)cc1. The van der Waals surface area contributed by atoms with Crippen LogP contribution in [0.5, 0.6) is 5.75 Å². The maximum absolute atomic E-state index is 10.9. The average molecular weight is 592 g/mol. The Kier molecular flexibility index (Phi) is 26.5. The van der Waals surface area contributed by atoms with Gasteiger partial charge in [-0.2, -0.15) is 0 Å². The maximum atomic E-state index is 10.9. The Morgan fingerprint density at radius 1 is 0.488 bits per heavy atom. The van der Waals surface area contributed by atoms with Crippen molar-refractivity contribution < 1.29 is 56.9 Å². The van der Waals surface area contributed by atoms with Crippen LogP contribution in [0, 0.1) is 0 Å². The molecule has 0 bridgehead atoms. The molecule has 0 aromatic heterocycles. The van der Waals surface area contributed by atoms with Gasteiger partial charge in [-0.15, -0.1) is 0 Å². The number of anilines is 1. The zero-order valence-corrected chi connectivity index (χ0v) is 24.4. The molecule has 0 saturated heterocycles. The molecule has 0 fully saturated rings. The van der Waals surface area contributed by atoms with Crippen molar-refractivity contribution in [3.05, 3.63) is 24.3 Å². The van der Waals surface area contributed by atoms with Crippen molar-refractivity contribution in [2.75, 3.05) is 138 Å². The Morgan fingerprint density at radius 2 is 0.780 bits per heavy atom. The number of rotatable bonds is 31. The summed E-state index contributed by atoms with van der Waals surface area (Å²) in [5, 5.41) is 0. The second-order valence-corrected chi connectivity index (χ2v) is 8.25. The van der Waals surface area contributed by atoms with Crippen molar-refractivity contribution in [3.63, 3.8) is 0 Å². The van der Waals surface area contributed by atoms with E-state index >= 15 is 0 Å². The molecule has 0 aliphatic heterocycles. The molecule has 13 nitrogen and oxygen atoms in total. The molecular weight excluding hydrogens is 542 g/mol. The third-order valence-corrected chi connectivity index (χ3v) is 5.03. The summed E-state index contributed by atoms with van der Waals surface area (Å²) in [6.07, 6.45) is 0.245. The maximum Gasteiger partial charge on any atom is 0.307 e. The van der Waals surface area contributed by atoms with Crippen LogP contribution in [0.3, 0.4) is 0 Å². The van der Waals surface area contributed by atoms with E-state index in [4.69, 9.17) is 53.1 Å². The smallest absolute Gasteiger partial charge is 0.307 e. The van der Waals surface area contributed by atoms with Crippen LogP contribution in [0.1, 0.15) is 6.42 Å². The van der Waals surface area contributed by atoms with Crippen molar-refractivity contribution in [3.8, 4) is 5.75 Å². The average Bonchev–Trinajstić information content (AvgIpc) is 2.98. The second-order valence-electron chi connectivity index (χ2n) is 8.25.